The van der Waals surface area contributed by atoms with Gasteiger partial charge in [0, 0.05) is 5.92 Å². The topological polar surface area (TPSA) is 52.9 Å². The molecule has 0 aliphatic heterocycles. The molecule has 0 aromatic carbocycles. The van der Waals surface area contributed by atoms with Gasteiger partial charge in [-0.3, -0.25) is 4.79 Å². The quantitative estimate of drug-likeness (QED) is 0.848. The average Bonchev–Trinajstić information content (AvgIpc) is 3.06. The van der Waals surface area contributed by atoms with Gasteiger partial charge in [0.2, 0.25) is 5.91 Å². The Balaban J connectivity index is 1.57. The minimum atomic E-state index is -0.560. The van der Waals surface area contributed by atoms with Crippen molar-refractivity contribution >= 4 is 5.91 Å². The van der Waals surface area contributed by atoms with Crippen LogP contribution in [-0.4, -0.2) is 11.4 Å². The van der Waals surface area contributed by atoms with E-state index in [1.165, 1.54) is 12.8 Å². The van der Waals surface area contributed by atoms with Gasteiger partial charge in [-0.05, 0) is 62.7 Å². The lowest BCUT2D eigenvalue weighted by atomic mass is 9.76. The minimum Gasteiger partial charge on any atom is -0.338 e. The van der Waals surface area contributed by atoms with Gasteiger partial charge in [-0.1, -0.05) is 13.3 Å². The van der Waals surface area contributed by atoms with Crippen molar-refractivity contribution in [1.82, 2.24) is 5.32 Å². The lowest BCUT2D eigenvalue weighted by Gasteiger charge is -2.36. The van der Waals surface area contributed by atoms with E-state index in [-0.39, 0.29) is 11.8 Å². The standard InChI is InChI=1S/C16H24N2O/c1-2-11-3-5-16(10-17,6-4-11)18-15(19)14-8-12-7-13(12)9-14/h11-14H,2-9H2,1H3,(H,18,19). The summed E-state index contributed by atoms with van der Waals surface area (Å²) in [5, 5.41) is 12.6. The van der Waals surface area contributed by atoms with E-state index in [1.807, 2.05) is 0 Å². The first-order valence-electron chi connectivity index (χ1n) is 7.89. The number of nitrogens with one attached hydrogen (secondary N) is 1. The fourth-order valence-corrected chi connectivity index (χ4v) is 4.11. The highest BCUT2D eigenvalue weighted by atomic mass is 16.2. The molecule has 0 aromatic rings. The van der Waals surface area contributed by atoms with Crippen LogP contribution >= 0.6 is 0 Å². The maximum Gasteiger partial charge on any atom is 0.224 e. The third-order valence-electron chi connectivity index (χ3n) is 5.73. The SMILES string of the molecule is CCC1CCC(C#N)(NC(=O)C2CC3CC3C2)CC1. The number of carbonyl (C=O) groups excluding carboxylic acids is 1. The van der Waals surface area contributed by atoms with Crippen molar-refractivity contribution in [3.63, 3.8) is 0 Å². The molecular formula is C16H24N2O. The van der Waals surface area contributed by atoms with Gasteiger partial charge in [0.1, 0.15) is 5.54 Å². The summed E-state index contributed by atoms with van der Waals surface area (Å²) in [4.78, 5) is 12.3. The average molecular weight is 260 g/mol. The third-order valence-corrected chi connectivity index (χ3v) is 5.73. The van der Waals surface area contributed by atoms with Gasteiger partial charge < -0.3 is 5.32 Å². The zero-order valence-electron chi connectivity index (χ0n) is 11.8. The summed E-state index contributed by atoms with van der Waals surface area (Å²) in [7, 11) is 0. The van der Waals surface area contributed by atoms with Crippen LogP contribution in [0.25, 0.3) is 0 Å². The molecule has 3 aliphatic carbocycles. The molecule has 104 valence electrons. The fourth-order valence-electron chi connectivity index (χ4n) is 4.11. The molecule has 0 aromatic heterocycles. The highest BCUT2D eigenvalue weighted by molar-refractivity contribution is 5.80. The zero-order valence-corrected chi connectivity index (χ0v) is 11.8. The van der Waals surface area contributed by atoms with Crippen LogP contribution < -0.4 is 5.32 Å². The van der Waals surface area contributed by atoms with Crippen molar-refractivity contribution in [2.45, 2.75) is 63.8 Å². The zero-order chi connectivity index (χ0) is 13.5. The van der Waals surface area contributed by atoms with E-state index in [4.69, 9.17) is 0 Å². The Labute approximate surface area is 115 Å². The van der Waals surface area contributed by atoms with Crippen LogP contribution in [0, 0.1) is 35.0 Å². The lowest BCUT2D eigenvalue weighted by Crippen LogP contribution is -2.51. The lowest BCUT2D eigenvalue weighted by molar-refractivity contribution is -0.127. The summed E-state index contributed by atoms with van der Waals surface area (Å²) in [6.45, 7) is 2.22. The van der Waals surface area contributed by atoms with E-state index in [1.54, 1.807) is 0 Å². The van der Waals surface area contributed by atoms with Crippen LogP contribution in [0.1, 0.15) is 58.3 Å². The first-order valence-corrected chi connectivity index (χ1v) is 7.89. The van der Waals surface area contributed by atoms with Crippen LogP contribution in [-0.2, 0) is 4.79 Å². The molecule has 3 saturated carbocycles. The van der Waals surface area contributed by atoms with Crippen molar-refractivity contribution in [2.24, 2.45) is 23.7 Å². The fraction of sp³-hybridized carbons (Fsp3) is 0.875. The van der Waals surface area contributed by atoms with Gasteiger partial charge in [0.25, 0.3) is 0 Å². The van der Waals surface area contributed by atoms with Crippen molar-refractivity contribution in [3.05, 3.63) is 0 Å². The molecule has 1 N–H and O–H groups in total. The predicted octanol–water partition coefficient (Wildman–Crippen LogP) is 3.01. The van der Waals surface area contributed by atoms with Crippen LogP contribution in [0.2, 0.25) is 0 Å². The highest BCUT2D eigenvalue weighted by Crippen LogP contribution is 2.54. The molecular weight excluding hydrogens is 236 g/mol. The summed E-state index contributed by atoms with van der Waals surface area (Å²) >= 11 is 0. The maximum absolute atomic E-state index is 12.3. The van der Waals surface area contributed by atoms with E-state index in [9.17, 15) is 10.1 Å². The van der Waals surface area contributed by atoms with E-state index >= 15 is 0 Å². The van der Waals surface area contributed by atoms with Crippen molar-refractivity contribution in [1.29, 1.82) is 5.26 Å². The Morgan fingerprint density at radius 1 is 1.26 bits per heavy atom. The third kappa shape index (κ3) is 2.50. The summed E-state index contributed by atoms with van der Waals surface area (Å²) in [5.74, 6) is 2.74. The van der Waals surface area contributed by atoms with Crippen LogP contribution in [0.15, 0.2) is 0 Å². The Kier molecular flexibility index (Phi) is 3.28. The first kappa shape index (κ1) is 13.0. The van der Waals surface area contributed by atoms with Gasteiger partial charge in [-0.25, -0.2) is 0 Å². The first-order chi connectivity index (χ1) is 9.15. The molecule has 1 amide bonds. The summed E-state index contributed by atoms with van der Waals surface area (Å²) in [5.41, 5.74) is -0.560. The van der Waals surface area contributed by atoms with Gasteiger partial charge in [-0.2, -0.15) is 5.26 Å². The molecule has 2 atom stereocenters. The minimum absolute atomic E-state index is 0.156. The molecule has 2 unspecified atom stereocenters. The second-order valence-electron chi connectivity index (χ2n) is 6.96. The summed E-state index contributed by atoms with van der Waals surface area (Å²) in [6.07, 6.45) is 8.51. The van der Waals surface area contributed by atoms with Gasteiger partial charge in [0.05, 0.1) is 6.07 Å². The van der Waals surface area contributed by atoms with Gasteiger partial charge in [-0.15, -0.1) is 0 Å². The molecule has 0 bridgehead atoms. The molecule has 0 saturated heterocycles. The monoisotopic (exact) mass is 260 g/mol. The van der Waals surface area contributed by atoms with E-state index in [2.05, 4.69) is 18.3 Å². The largest absolute Gasteiger partial charge is 0.338 e. The van der Waals surface area contributed by atoms with Crippen molar-refractivity contribution < 1.29 is 4.79 Å². The second kappa shape index (κ2) is 4.81. The van der Waals surface area contributed by atoms with Gasteiger partial charge in [0.15, 0.2) is 0 Å². The molecule has 0 radical (unpaired) electrons. The van der Waals surface area contributed by atoms with E-state index in [0.29, 0.717) is 0 Å². The van der Waals surface area contributed by atoms with Gasteiger partial charge >= 0.3 is 0 Å². The molecule has 0 spiro atoms. The Bertz CT molecular complexity index is 393. The normalized spacial score (nSPS) is 44.2. The van der Waals surface area contributed by atoms with E-state index < -0.39 is 5.54 Å². The van der Waals surface area contributed by atoms with Crippen LogP contribution in [0.5, 0.6) is 0 Å². The highest BCUT2D eigenvalue weighted by Gasteiger charge is 2.49. The Morgan fingerprint density at radius 2 is 1.89 bits per heavy atom. The smallest absolute Gasteiger partial charge is 0.224 e. The number of nitriles is 1. The molecule has 3 aliphatic rings. The molecule has 3 heteroatoms. The number of rotatable bonds is 3. The van der Waals surface area contributed by atoms with Crippen LogP contribution in [0.3, 0.4) is 0 Å². The summed E-state index contributed by atoms with van der Waals surface area (Å²) < 4.78 is 0. The van der Waals surface area contributed by atoms with E-state index in [0.717, 1.165) is 56.3 Å². The number of fused-ring (bicyclic) bond motifs is 1. The Hall–Kier alpha value is -1.04. The molecule has 3 rings (SSSR count). The summed E-state index contributed by atoms with van der Waals surface area (Å²) in [6, 6.07) is 2.41. The Morgan fingerprint density at radius 3 is 2.42 bits per heavy atom. The van der Waals surface area contributed by atoms with Crippen molar-refractivity contribution in [2.75, 3.05) is 0 Å². The molecule has 3 fully saturated rings. The number of hydrogen-bond donors (Lipinski definition) is 1. The number of carbonyl (C=O) groups is 1. The predicted molar refractivity (Wildman–Crippen MR) is 73.1 cm³/mol. The second-order valence-corrected chi connectivity index (χ2v) is 6.96. The van der Waals surface area contributed by atoms with Crippen molar-refractivity contribution in [3.8, 4) is 6.07 Å². The number of amides is 1. The molecule has 3 nitrogen and oxygen atoms in total. The molecule has 0 heterocycles. The number of hydrogen-bond acceptors (Lipinski definition) is 2. The molecule has 19 heavy (non-hydrogen) atoms. The maximum atomic E-state index is 12.3. The number of nitrogens with zero attached hydrogens (tertiary/aromatic N) is 1. The van der Waals surface area contributed by atoms with Crippen LogP contribution in [0.4, 0.5) is 0 Å².